The molecule has 2 aromatic rings. The highest BCUT2D eigenvalue weighted by atomic mass is 16.5. The van der Waals surface area contributed by atoms with Gasteiger partial charge in [0.05, 0.1) is 19.4 Å². The van der Waals surface area contributed by atoms with Gasteiger partial charge in [-0.2, -0.15) is 5.10 Å². The van der Waals surface area contributed by atoms with E-state index in [1.54, 1.807) is 4.68 Å². The number of anilines is 1. The standard InChI is InChI=1S/C24H36N6O/c1-5-20(7-6-8-23(25)30-17-22(16-28-30)18(2)3)13-19(4)21-14-26-24(27-15-21)29-9-11-31-12-10-29/h6-8,14-20H,5,9-13,25H2,1-4H3/b7-6-,23-8+. The molecule has 0 saturated carbocycles. The first-order valence-electron chi connectivity index (χ1n) is 11.3. The van der Waals surface area contributed by atoms with Crippen molar-refractivity contribution in [3.05, 3.63) is 54.1 Å². The number of hydrogen-bond acceptors (Lipinski definition) is 6. The van der Waals surface area contributed by atoms with Crippen LogP contribution in [-0.4, -0.2) is 46.1 Å². The van der Waals surface area contributed by atoms with E-state index in [1.807, 2.05) is 36.9 Å². The van der Waals surface area contributed by atoms with Gasteiger partial charge in [-0.25, -0.2) is 14.6 Å². The first-order chi connectivity index (χ1) is 15.0. The Morgan fingerprint density at radius 2 is 1.84 bits per heavy atom. The maximum Gasteiger partial charge on any atom is 0.225 e. The van der Waals surface area contributed by atoms with Crippen LogP contribution in [0.2, 0.25) is 0 Å². The van der Waals surface area contributed by atoms with Gasteiger partial charge in [0.25, 0.3) is 0 Å². The number of nitrogens with zero attached hydrogens (tertiary/aromatic N) is 5. The zero-order valence-corrected chi connectivity index (χ0v) is 19.2. The summed E-state index contributed by atoms with van der Waals surface area (Å²) in [5.74, 6) is 2.70. The summed E-state index contributed by atoms with van der Waals surface area (Å²) in [6.45, 7) is 11.9. The molecule has 1 saturated heterocycles. The molecule has 3 heterocycles. The molecule has 2 N–H and O–H groups in total. The van der Waals surface area contributed by atoms with Crippen LogP contribution in [0.15, 0.2) is 43.0 Å². The third-order valence-electron chi connectivity index (χ3n) is 5.89. The highest BCUT2D eigenvalue weighted by Gasteiger charge is 2.16. The van der Waals surface area contributed by atoms with E-state index in [0.29, 0.717) is 23.6 Å². The zero-order valence-electron chi connectivity index (χ0n) is 19.2. The van der Waals surface area contributed by atoms with Crippen molar-refractivity contribution in [3.63, 3.8) is 0 Å². The summed E-state index contributed by atoms with van der Waals surface area (Å²) in [5, 5.41) is 4.35. The maximum absolute atomic E-state index is 6.19. The van der Waals surface area contributed by atoms with Crippen LogP contribution < -0.4 is 10.6 Å². The second kappa shape index (κ2) is 11.1. The minimum Gasteiger partial charge on any atom is -0.384 e. The third kappa shape index (κ3) is 6.40. The summed E-state index contributed by atoms with van der Waals surface area (Å²) in [4.78, 5) is 11.4. The summed E-state index contributed by atoms with van der Waals surface area (Å²) in [7, 11) is 0. The van der Waals surface area contributed by atoms with Gasteiger partial charge in [-0.05, 0) is 47.8 Å². The van der Waals surface area contributed by atoms with E-state index >= 15 is 0 Å². The van der Waals surface area contributed by atoms with Crippen LogP contribution in [0.25, 0.3) is 5.82 Å². The number of hydrogen-bond donors (Lipinski definition) is 1. The lowest BCUT2D eigenvalue weighted by atomic mass is 9.90. The monoisotopic (exact) mass is 424 g/mol. The van der Waals surface area contributed by atoms with Gasteiger partial charge in [0.1, 0.15) is 5.82 Å². The van der Waals surface area contributed by atoms with Crippen LogP contribution in [0.5, 0.6) is 0 Å². The van der Waals surface area contributed by atoms with Gasteiger partial charge in [-0.3, -0.25) is 0 Å². The molecular weight excluding hydrogens is 388 g/mol. The molecule has 2 unspecified atom stereocenters. The molecule has 2 aromatic heterocycles. The average Bonchev–Trinajstić information content (AvgIpc) is 3.30. The highest BCUT2D eigenvalue weighted by molar-refractivity contribution is 5.43. The molecule has 31 heavy (non-hydrogen) atoms. The minimum absolute atomic E-state index is 0.384. The zero-order chi connectivity index (χ0) is 22.2. The van der Waals surface area contributed by atoms with Crippen molar-refractivity contribution < 1.29 is 4.74 Å². The summed E-state index contributed by atoms with van der Waals surface area (Å²) < 4.78 is 7.13. The first kappa shape index (κ1) is 23.0. The molecule has 1 fully saturated rings. The Labute approximate surface area is 186 Å². The normalized spacial score (nSPS) is 17.5. The molecule has 7 nitrogen and oxygen atoms in total. The van der Waals surface area contributed by atoms with E-state index in [4.69, 9.17) is 10.5 Å². The predicted molar refractivity (Wildman–Crippen MR) is 126 cm³/mol. The molecule has 0 spiro atoms. The van der Waals surface area contributed by atoms with Crippen LogP contribution in [-0.2, 0) is 4.74 Å². The van der Waals surface area contributed by atoms with E-state index in [2.05, 4.69) is 53.7 Å². The summed E-state index contributed by atoms with van der Waals surface area (Å²) in [5.41, 5.74) is 8.55. The summed E-state index contributed by atoms with van der Waals surface area (Å²) in [6.07, 6.45) is 16.1. The second-order valence-corrected chi connectivity index (χ2v) is 8.57. The lowest BCUT2D eigenvalue weighted by Crippen LogP contribution is -2.37. The van der Waals surface area contributed by atoms with E-state index in [1.165, 1.54) is 11.1 Å². The van der Waals surface area contributed by atoms with E-state index in [-0.39, 0.29) is 0 Å². The molecule has 0 amide bonds. The van der Waals surface area contributed by atoms with Crippen molar-refractivity contribution >= 4 is 11.8 Å². The van der Waals surface area contributed by atoms with Crippen LogP contribution in [0.1, 0.15) is 63.5 Å². The van der Waals surface area contributed by atoms with Gasteiger partial charge < -0.3 is 15.4 Å². The fourth-order valence-corrected chi connectivity index (χ4v) is 3.65. The summed E-state index contributed by atoms with van der Waals surface area (Å²) in [6, 6.07) is 0. The number of ether oxygens (including phenoxy) is 1. The van der Waals surface area contributed by atoms with Crippen LogP contribution in [0.4, 0.5) is 5.95 Å². The number of rotatable bonds is 9. The largest absolute Gasteiger partial charge is 0.384 e. The van der Waals surface area contributed by atoms with Gasteiger partial charge in [-0.15, -0.1) is 0 Å². The van der Waals surface area contributed by atoms with Gasteiger partial charge in [0.15, 0.2) is 0 Å². The Balaban J connectivity index is 1.56. The molecule has 0 aliphatic carbocycles. The number of aromatic nitrogens is 4. The SMILES string of the molecule is CCC(/C=C\C=C(/N)n1cc(C(C)C)cn1)CC(C)c1cnc(N2CCOCC2)nc1. The molecule has 1 aliphatic heterocycles. The molecule has 0 aromatic carbocycles. The van der Waals surface area contributed by atoms with Crippen LogP contribution >= 0.6 is 0 Å². The third-order valence-corrected chi connectivity index (χ3v) is 5.89. The van der Waals surface area contributed by atoms with Crippen molar-refractivity contribution in [2.75, 3.05) is 31.2 Å². The van der Waals surface area contributed by atoms with Crippen molar-refractivity contribution in [3.8, 4) is 0 Å². The smallest absolute Gasteiger partial charge is 0.225 e. The van der Waals surface area contributed by atoms with Crippen molar-refractivity contribution in [1.29, 1.82) is 0 Å². The lowest BCUT2D eigenvalue weighted by molar-refractivity contribution is 0.122. The van der Waals surface area contributed by atoms with E-state index < -0.39 is 0 Å². The maximum atomic E-state index is 6.19. The molecule has 1 aliphatic rings. The Bertz CT molecular complexity index is 864. The number of nitrogens with two attached hydrogens (primary N) is 1. The number of morpholine rings is 1. The Morgan fingerprint density at radius 1 is 1.13 bits per heavy atom. The minimum atomic E-state index is 0.384. The number of allylic oxidation sites excluding steroid dienone is 3. The van der Waals surface area contributed by atoms with E-state index in [9.17, 15) is 0 Å². The second-order valence-electron chi connectivity index (χ2n) is 8.57. The van der Waals surface area contributed by atoms with E-state index in [0.717, 1.165) is 45.1 Å². The Hall–Kier alpha value is -2.67. The van der Waals surface area contributed by atoms with Crippen LogP contribution in [0, 0.1) is 5.92 Å². The molecule has 7 heteroatoms. The fraction of sp³-hybridized carbons (Fsp3) is 0.542. The van der Waals surface area contributed by atoms with Gasteiger partial charge in [-0.1, -0.05) is 39.8 Å². The topological polar surface area (TPSA) is 82.1 Å². The Kier molecular flexibility index (Phi) is 8.23. The predicted octanol–water partition coefficient (Wildman–Crippen LogP) is 4.17. The lowest BCUT2D eigenvalue weighted by Gasteiger charge is -2.27. The summed E-state index contributed by atoms with van der Waals surface area (Å²) >= 11 is 0. The molecule has 168 valence electrons. The van der Waals surface area contributed by atoms with Gasteiger partial charge in [0, 0.05) is 31.7 Å². The molecular formula is C24H36N6O. The van der Waals surface area contributed by atoms with Crippen molar-refractivity contribution in [1.82, 2.24) is 19.7 Å². The average molecular weight is 425 g/mol. The van der Waals surface area contributed by atoms with Crippen LogP contribution in [0.3, 0.4) is 0 Å². The Morgan fingerprint density at radius 3 is 2.45 bits per heavy atom. The molecule has 0 radical (unpaired) electrons. The molecule has 3 rings (SSSR count). The van der Waals surface area contributed by atoms with Gasteiger partial charge in [0.2, 0.25) is 5.95 Å². The fourth-order valence-electron chi connectivity index (χ4n) is 3.65. The van der Waals surface area contributed by atoms with Crippen molar-refractivity contribution in [2.24, 2.45) is 11.7 Å². The quantitative estimate of drug-likeness (QED) is 0.609. The van der Waals surface area contributed by atoms with Gasteiger partial charge >= 0.3 is 0 Å². The molecule has 0 bridgehead atoms. The van der Waals surface area contributed by atoms with Crippen molar-refractivity contribution in [2.45, 2.75) is 52.4 Å². The molecule has 2 atom stereocenters. The highest BCUT2D eigenvalue weighted by Crippen LogP contribution is 2.26. The first-order valence-corrected chi connectivity index (χ1v) is 11.3.